The van der Waals surface area contributed by atoms with Crippen LogP contribution in [0.1, 0.15) is 44.7 Å². The second-order valence-electron chi connectivity index (χ2n) is 7.39. The molecule has 1 N–H and O–H groups in total. The number of hydrogen-bond donors (Lipinski definition) is 1. The van der Waals surface area contributed by atoms with Crippen molar-refractivity contribution in [3.8, 4) is 0 Å². The van der Waals surface area contributed by atoms with Gasteiger partial charge in [-0.05, 0) is 26.3 Å². The van der Waals surface area contributed by atoms with Gasteiger partial charge in [-0.2, -0.15) is 0 Å². The van der Waals surface area contributed by atoms with E-state index in [1.54, 1.807) is 16.7 Å². The normalized spacial score (nSPS) is 15.2. The van der Waals surface area contributed by atoms with Gasteiger partial charge in [0.15, 0.2) is 10.7 Å². The number of aromatic amines is 1. The summed E-state index contributed by atoms with van der Waals surface area (Å²) >= 11 is 1.44. The Morgan fingerprint density at radius 2 is 1.93 bits per heavy atom. The van der Waals surface area contributed by atoms with Crippen molar-refractivity contribution in [2.45, 2.75) is 27.3 Å². The molecule has 1 amide bonds. The van der Waals surface area contributed by atoms with Crippen LogP contribution in [0.25, 0.3) is 4.96 Å². The molecule has 0 aromatic carbocycles. The quantitative estimate of drug-likeness (QED) is 0.660. The minimum Gasteiger partial charge on any atom is -0.354 e. The number of hydrogen-bond acceptors (Lipinski definition) is 6. The summed E-state index contributed by atoms with van der Waals surface area (Å²) in [6.07, 6.45) is 1.73. The third-order valence-corrected chi connectivity index (χ3v) is 6.16. The number of carbonyl (C=O) groups excluding carboxylic acids is 2. The second kappa shape index (κ2) is 7.57. The van der Waals surface area contributed by atoms with E-state index in [1.807, 2.05) is 24.1 Å². The van der Waals surface area contributed by atoms with E-state index in [4.69, 9.17) is 0 Å². The summed E-state index contributed by atoms with van der Waals surface area (Å²) in [5.74, 6) is -0.111. The number of aromatic nitrogens is 3. The predicted octanol–water partition coefficient (Wildman–Crippen LogP) is 1.86. The Kier molecular flexibility index (Phi) is 5.10. The van der Waals surface area contributed by atoms with Crippen LogP contribution in [-0.2, 0) is 6.54 Å². The van der Waals surface area contributed by atoms with Gasteiger partial charge in [0.1, 0.15) is 5.69 Å². The van der Waals surface area contributed by atoms with Crippen LogP contribution in [-0.4, -0.2) is 62.0 Å². The third-order valence-electron chi connectivity index (χ3n) is 5.40. The number of fused-ring (bicyclic) bond motifs is 1. The highest BCUT2D eigenvalue weighted by molar-refractivity contribution is 7.15. The molecule has 0 saturated carbocycles. The number of H-pyrrole nitrogens is 1. The van der Waals surface area contributed by atoms with E-state index in [2.05, 4.69) is 14.9 Å². The van der Waals surface area contributed by atoms with E-state index in [9.17, 15) is 14.4 Å². The largest absolute Gasteiger partial charge is 0.354 e. The molecule has 3 aromatic heterocycles. The Bertz CT molecular complexity index is 1150. The fourth-order valence-corrected chi connectivity index (χ4v) is 4.70. The molecule has 0 atom stereocenters. The van der Waals surface area contributed by atoms with E-state index >= 15 is 0 Å². The summed E-state index contributed by atoms with van der Waals surface area (Å²) in [6.45, 7) is 8.32. The zero-order valence-corrected chi connectivity index (χ0v) is 17.5. The molecule has 0 bridgehead atoms. The molecule has 0 unspecified atom stereocenters. The van der Waals surface area contributed by atoms with Crippen LogP contribution in [0.5, 0.6) is 0 Å². The fourth-order valence-electron chi connectivity index (χ4n) is 3.96. The van der Waals surface area contributed by atoms with Crippen molar-refractivity contribution in [2.75, 3.05) is 26.2 Å². The third kappa shape index (κ3) is 3.63. The minimum absolute atomic E-state index is 0.0359. The molecule has 152 valence electrons. The molecule has 1 aliphatic heterocycles. The lowest BCUT2D eigenvalue weighted by atomic mass is 10.1. The number of piperazine rings is 1. The Labute approximate surface area is 171 Å². The number of rotatable bonds is 4. The van der Waals surface area contributed by atoms with Crippen molar-refractivity contribution >= 4 is 28.0 Å². The van der Waals surface area contributed by atoms with Gasteiger partial charge >= 0.3 is 0 Å². The zero-order valence-electron chi connectivity index (χ0n) is 16.7. The number of nitrogens with one attached hydrogen (secondary N) is 1. The van der Waals surface area contributed by atoms with Gasteiger partial charge in [0.2, 0.25) is 0 Å². The monoisotopic (exact) mass is 413 g/mol. The molecule has 1 aliphatic rings. The molecule has 29 heavy (non-hydrogen) atoms. The summed E-state index contributed by atoms with van der Waals surface area (Å²) < 4.78 is 1.54. The van der Waals surface area contributed by atoms with Gasteiger partial charge in [-0.3, -0.25) is 23.7 Å². The van der Waals surface area contributed by atoms with Gasteiger partial charge in [0.05, 0.1) is 5.69 Å². The van der Waals surface area contributed by atoms with Gasteiger partial charge in [-0.25, -0.2) is 4.98 Å². The molecule has 8 nitrogen and oxygen atoms in total. The Morgan fingerprint density at radius 3 is 2.59 bits per heavy atom. The van der Waals surface area contributed by atoms with Gasteiger partial charge in [-0.15, -0.1) is 11.3 Å². The maximum absolute atomic E-state index is 12.9. The lowest BCUT2D eigenvalue weighted by Crippen LogP contribution is -2.48. The molecule has 1 saturated heterocycles. The standard InChI is InChI=1S/C20H23N5O3S/c1-12-17(14(3)26)13(2)21-18(12)19(28)24-6-4-23(5-7-24)11-15-10-16(27)25-8-9-29-20(25)22-15/h8-10,21H,4-7,11H2,1-3H3. The molecule has 4 heterocycles. The van der Waals surface area contributed by atoms with E-state index < -0.39 is 0 Å². The lowest BCUT2D eigenvalue weighted by Gasteiger charge is -2.34. The molecular formula is C20H23N5O3S. The predicted molar refractivity (Wildman–Crippen MR) is 111 cm³/mol. The van der Waals surface area contributed by atoms with Gasteiger partial charge in [0, 0.05) is 61.6 Å². The maximum Gasteiger partial charge on any atom is 0.270 e. The molecule has 3 aromatic rings. The van der Waals surface area contributed by atoms with Crippen molar-refractivity contribution in [3.63, 3.8) is 0 Å². The Morgan fingerprint density at radius 1 is 1.21 bits per heavy atom. The van der Waals surface area contributed by atoms with Crippen molar-refractivity contribution in [2.24, 2.45) is 0 Å². The maximum atomic E-state index is 12.9. The summed E-state index contributed by atoms with van der Waals surface area (Å²) in [5, 5.41) is 1.85. The molecule has 0 spiro atoms. The van der Waals surface area contributed by atoms with Crippen LogP contribution in [0, 0.1) is 13.8 Å². The smallest absolute Gasteiger partial charge is 0.270 e. The Hall–Kier alpha value is -2.78. The lowest BCUT2D eigenvalue weighted by molar-refractivity contribution is 0.0621. The first-order chi connectivity index (χ1) is 13.8. The molecule has 4 rings (SSSR count). The fraction of sp³-hybridized carbons (Fsp3) is 0.400. The van der Waals surface area contributed by atoms with Crippen LogP contribution in [0.4, 0.5) is 0 Å². The SMILES string of the molecule is CC(=O)c1c(C)[nH]c(C(=O)N2CCN(Cc3cc(=O)n4ccsc4n3)CC2)c1C. The summed E-state index contributed by atoms with van der Waals surface area (Å²) in [7, 11) is 0. The zero-order chi connectivity index (χ0) is 20.7. The van der Waals surface area contributed by atoms with Crippen molar-refractivity contribution in [3.05, 3.63) is 56.2 Å². The highest BCUT2D eigenvalue weighted by Gasteiger charge is 2.27. The molecule has 1 fully saturated rings. The van der Waals surface area contributed by atoms with Crippen LogP contribution in [0.3, 0.4) is 0 Å². The first kappa shape index (κ1) is 19.5. The topological polar surface area (TPSA) is 90.8 Å². The number of aryl methyl sites for hydroxylation is 1. The number of carbonyl (C=O) groups is 2. The second-order valence-corrected chi connectivity index (χ2v) is 8.26. The van der Waals surface area contributed by atoms with Crippen LogP contribution in [0.15, 0.2) is 22.4 Å². The first-order valence-electron chi connectivity index (χ1n) is 9.52. The van der Waals surface area contributed by atoms with E-state index in [1.165, 1.54) is 18.3 Å². The van der Waals surface area contributed by atoms with Gasteiger partial charge in [-0.1, -0.05) is 0 Å². The van der Waals surface area contributed by atoms with Gasteiger partial charge < -0.3 is 9.88 Å². The summed E-state index contributed by atoms with van der Waals surface area (Å²) in [4.78, 5) is 49.3. The number of amides is 1. The highest BCUT2D eigenvalue weighted by atomic mass is 32.1. The number of thiazole rings is 1. The van der Waals surface area contributed by atoms with Crippen molar-refractivity contribution in [1.29, 1.82) is 0 Å². The van der Waals surface area contributed by atoms with Crippen LogP contribution in [0.2, 0.25) is 0 Å². The molecule has 9 heteroatoms. The average molecular weight is 414 g/mol. The summed E-state index contributed by atoms with van der Waals surface area (Å²) in [6, 6.07) is 1.58. The highest BCUT2D eigenvalue weighted by Crippen LogP contribution is 2.21. The number of Topliss-reactive ketones (excluding diaryl/α,β-unsaturated/α-hetero) is 1. The molecule has 0 radical (unpaired) electrons. The van der Waals surface area contributed by atoms with E-state index in [0.717, 1.165) is 17.0 Å². The van der Waals surface area contributed by atoms with E-state index in [0.29, 0.717) is 48.9 Å². The van der Waals surface area contributed by atoms with Crippen molar-refractivity contribution < 1.29 is 9.59 Å². The summed E-state index contributed by atoms with van der Waals surface area (Å²) in [5.41, 5.74) is 3.24. The number of ketones is 1. The first-order valence-corrected chi connectivity index (χ1v) is 10.4. The number of nitrogens with zero attached hydrogens (tertiary/aromatic N) is 4. The average Bonchev–Trinajstić information content (AvgIpc) is 3.26. The Balaban J connectivity index is 1.42. The van der Waals surface area contributed by atoms with Crippen LogP contribution >= 0.6 is 11.3 Å². The molecule has 0 aliphatic carbocycles. The minimum atomic E-state index is -0.0749. The van der Waals surface area contributed by atoms with Crippen molar-refractivity contribution in [1.82, 2.24) is 24.2 Å². The van der Waals surface area contributed by atoms with E-state index in [-0.39, 0.29) is 17.2 Å². The van der Waals surface area contributed by atoms with Crippen LogP contribution < -0.4 is 5.56 Å². The van der Waals surface area contributed by atoms with Gasteiger partial charge in [0.25, 0.3) is 11.5 Å². The molecular weight excluding hydrogens is 390 g/mol.